The van der Waals surface area contributed by atoms with Crippen molar-refractivity contribution in [2.24, 2.45) is 0 Å². The van der Waals surface area contributed by atoms with Gasteiger partial charge in [-0.25, -0.2) is 9.97 Å². The van der Waals surface area contributed by atoms with Crippen LogP contribution in [0.1, 0.15) is 0 Å². The fraction of sp³-hybridized carbons (Fsp3) is 0. The fourth-order valence-corrected chi connectivity index (χ4v) is 4.43. The van der Waals surface area contributed by atoms with Crippen LogP contribution in [0.3, 0.4) is 0 Å². The first-order chi connectivity index (χ1) is 14.5. The number of hydrogen-bond acceptors (Lipinski definition) is 6. The lowest BCUT2D eigenvalue weighted by Crippen LogP contribution is -2.28. The second-order valence-electron chi connectivity index (χ2n) is 5.94. The van der Waals surface area contributed by atoms with E-state index >= 15 is 0 Å². The van der Waals surface area contributed by atoms with Gasteiger partial charge in [-0.3, -0.25) is 20.2 Å². The Bertz CT molecular complexity index is 1140. The molecule has 0 radical (unpaired) electrons. The van der Waals surface area contributed by atoms with Crippen LogP contribution in [0, 0.1) is 0 Å². The highest BCUT2D eigenvalue weighted by atomic mass is 35.5. The third-order valence-electron chi connectivity index (χ3n) is 3.96. The molecule has 4 aromatic rings. The van der Waals surface area contributed by atoms with Crippen molar-refractivity contribution in [2.75, 3.05) is 10.6 Å². The molecular weight excluding hydrogens is 463 g/mol. The van der Waals surface area contributed by atoms with Gasteiger partial charge in [0.05, 0.1) is 11.4 Å². The maximum absolute atomic E-state index is 12.2. The van der Waals surface area contributed by atoms with Crippen molar-refractivity contribution >= 4 is 68.0 Å². The van der Waals surface area contributed by atoms with Gasteiger partial charge in [0.15, 0.2) is 10.3 Å². The van der Waals surface area contributed by atoms with Crippen LogP contribution in [-0.4, -0.2) is 21.8 Å². The van der Waals surface area contributed by atoms with E-state index in [0.717, 1.165) is 11.1 Å². The van der Waals surface area contributed by atoms with Crippen LogP contribution in [0.25, 0.3) is 22.5 Å². The lowest BCUT2D eigenvalue weighted by Gasteiger charge is -2.02. The smallest absolute Gasteiger partial charge is 0.294 e. The third kappa shape index (κ3) is 4.52. The number of thiazole rings is 2. The van der Waals surface area contributed by atoms with E-state index in [1.54, 1.807) is 22.9 Å². The van der Waals surface area contributed by atoms with E-state index in [-0.39, 0.29) is 0 Å². The molecule has 0 aliphatic heterocycles. The van der Waals surface area contributed by atoms with Crippen molar-refractivity contribution < 1.29 is 9.59 Å². The predicted octanol–water partition coefficient (Wildman–Crippen LogP) is 5.82. The first-order valence-electron chi connectivity index (χ1n) is 8.54. The first kappa shape index (κ1) is 20.5. The lowest BCUT2D eigenvalue weighted by molar-refractivity contribution is -0.132. The van der Waals surface area contributed by atoms with Gasteiger partial charge in [-0.05, 0) is 12.1 Å². The summed E-state index contributed by atoms with van der Waals surface area (Å²) in [5.74, 6) is -1.69. The molecule has 0 atom stereocenters. The van der Waals surface area contributed by atoms with Gasteiger partial charge in [-0.1, -0.05) is 59.6 Å². The summed E-state index contributed by atoms with van der Waals surface area (Å²) in [5.41, 5.74) is 2.72. The molecule has 2 aromatic heterocycles. The molecule has 0 saturated carbocycles. The van der Waals surface area contributed by atoms with Gasteiger partial charge in [0, 0.05) is 31.9 Å². The number of nitrogens with one attached hydrogen (secondary N) is 2. The van der Waals surface area contributed by atoms with Crippen molar-refractivity contribution in [1.29, 1.82) is 0 Å². The highest BCUT2D eigenvalue weighted by molar-refractivity contribution is 7.14. The number of amides is 2. The summed E-state index contributed by atoms with van der Waals surface area (Å²) < 4.78 is 0. The second-order valence-corrected chi connectivity index (χ2v) is 8.47. The number of benzene rings is 2. The number of hydrogen-bond donors (Lipinski definition) is 2. The summed E-state index contributed by atoms with van der Waals surface area (Å²) in [6.07, 6.45) is 0. The van der Waals surface area contributed by atoms with Crippen molar-refractivity contribution in [3.8, 4) is 22.5 Å². The van der Waals surface area contributed by atoms with Gasteiger partial charge < -0.3 is 0 Å². The van der Waals surface area contributed by atoms with Gasteiger partial charge in [0.25, 0.3) is 0 Å². The van der Waals surface area contributed by atoms with Crippen LogP contribution in [0.4, 0.5) is 10.3 Å². The average Bonchev–Trinajstić information content (AvgIpc) is 3.38. The summed E-state index contributed by atoms with van der Waals surface area (Å²) in [6.45, 7) is 0. The summed E-state index contributed by atoms with van der Waals surface area (Å²) in [5, 5.41) is 10.2. The zero-order valence-electron chi connectivity index (χ0n) is 15.1. The number of halogens is 2. The molecule has 6 nitrogen and oxygen atoms in total. The SMILES string of the molecule is O=C(Nc1nc(-c2ccccc2Cl)cs1)C(=O)Nc1nc(-c2ccccc2Cl)cs1. The first-order valence-corrected chi connectivity index (χ1v) is 11.1. The van der Waals surface area contributed by atoms with Gasteiger partial charge in [0.2, 0.25) is 0 Å². The number of anilines is 2. The second kappa shape index (κ2) is 8.93. The summed E-state index contributed by atoms with van der Waals surface area (Å²) in [7, 11) is 0. The minimum Gasteiger partial charge on any atom is -0.294 e. The molecule has 0 fully saturated rings. The van der Waals surface area contributed by atoms with E-state index in [2.05, 4.69) is 20.6 Å². The van der Waals surface area contributed by atoms with Gasteiger partial charge in [-0.2, -0.15) is 0 Å². The molecule has 0 saturated heterocycles. The van der Waals surface area contributed by atoms with Gasteiger partial charge in [0.1, 0.15) is 0 Å². The van der Waals surface area contributed by atoms with Crippen LogP contribution in [-0.2, 0) is 9.59 Å². The summed E-state index contributed by atoms with van der Waals surface area (Å²) >= 11 is 14.7. The maximum Gasteiger partial charge on any atom is 0.315 e. The van der Waals surface area contributed by atoms with Gasteiger partial charge >= 0.3 is 11.8 Å². The Labute approximate surface area is 189 Å². The average molecular weight is 475 g/mol. The highest BCUT2D eigenvalue weighted by Crippen LogP contribution is 2.31. The monoisotopic (exact) mass is 474 g/mol. The van der Waals surface area contributed by atoms with Crippen LogP contribution in [0.2, 0.25) is 10.0 Å². The van der Waals surface area contributed by atoms with E-state index in [1.807, 2.05) is 36.4 Å². The Morgan fingerprint density at radius 1 is 0.700 bits per heavy atom. The molecule has 0 bridgehead atoms. The Hall–Kier alpha value is -2.78. The molecule has 0 spiro atoms. The molecular formula is C20H12Cl2N4O2S2. The minimum atomic E-state index is -0.843. The van der Waals surface area contributed by atoms with E-state index in [4.69, 9.17) is 23.2 Å². The quantitative estimate of drug-likeness (QED) is 0.365. The molecule has 0 aliphatic carbocycles. The van der Waals surface area contributed by atoms with E-state index in [0.29, 0.717) is 31.7 Å². The molecule has 0 aliphatic rings. The van der Waals surface area contributed by atoms with Crippen molar-refractivity contribution in [3.63, 3.8) is 0 Å². The largest absolute Gasteiger partial charge is 0.315 e. The predicted molar refractivity (Wildman–Crippen MR) is 122 cm³/mol. The summed E-state index contributed by atoms with van der Waals surface area (Å²) in [4.78, 5) is 33.1. The fourth-order valence-electron chi connectivity index (χ4n) is 2.56. The van der Waals surface area contributed by atoms with Crippen molar-refractivity contribution in [1.82, 2.24) is 9.97 Å². The van der Waals surface area contributed by atoms with Crippen LogP contribution in [0.15, 0.2) is 59.3 Å². The molecule has 10 heteroatoms. The standard InChI is InChI=1S/C20H12Cl2N4O2S2/c21-13-7-3-1-5-11(13)15-9-29-19(23-15)25-17(27)18(28)26-20-24-16(10-30-20)12-6-2-4-8-14(12)22/h1-10H,(H,23,25,27)(H,24,26,28). The topological polar surface area (TPSA) is 84.0 Å². The number of aromatic nitrogens is 2. The Morgan fingerprint density at radius 3 is 1.50 bits per heavy atom. The van der Waals surface area contributed by atoms with E-state index in [1.165, 1.54) is 22.7 Å². The lowest BCUT2D eigenvalue weighted by atomic mass is 10.2. The van der Waals surface area contributed by atoms with Crippen LogP contribution in [0.5, 0.6) is 0 Å². The molecule has 2 N–H and O–H groups in total. The van der Waals surface area contributed by atoms with Crippen molar-refractivity contribution in [2.45, 2.75) is 0 Å². The van der Waals surface area contributed by atoms with Crippen molar-refractivity contribution in [3.05, 3.63) is 69.3 Å². The zero-order chi connectivity index (χ0) is 21.1. The molecule has 2 aromatic carbocycles. The highest BCUT2D eigenvalue weighted by Gasteiger charge is 2.18. The van der Waals surface area contributed by atoms with Crippen LogP contribution < -0.4 is 10.6 Å². The van der Waals surface area contributed by atoms with Crippen LogP contribution >= 0.6 is 45.9 Å². The molecule has 0 unspecified atom stereocenters. The number of carbonyl (C=O) groups excluding carboxylic acids is 2. The number of rotatable bonds is 4. The normalized spacial score (nSPS) is 10.6. The maximum atomic E-state index is 12.2. The Kier molecular flexibility index (Phi) is 6.10. The minimum absolute atomic E-state index is 0.293. The van der Waals surface area contributed by atoms with E-state index < -0.39 is 11.8 Å². The third-order valence-corrected chi connectivity index (χ3v) is 6.13. The Balaban J connectivity index is 1.41. The Morgan fingerprint density at radius 2 is 1.10 bits per heavy atom. The van der Waals surface area contributed by atoms with Gasteiger partial charge in [-0.15, -0.1) is 22.7 Å². The molecule has 4 rings (SSSR count). The molecule has 2 amide bonds. The molecule has 2 heterocycles. The molecule has 150 valence electrons. The number of carbonyl (C=O) groups is 2. The molecule has 30 heavy (non-hydrogen) atoms. The number of nitrogens with zero attached hydrogens (tertiary/aromatic N) is 2. The zero-order valence-corrected chi connectivity index (χ0v) is 18.2. The van der Waals surface area contributed by atoms with E-state index in [9.17, 15) is 9.59 Å². The summed E-state index contributed by atoms with van der Waals surface area (Å²) in [6, 6.07) is 14.5.